The Morgan fingerprint density at radius 2 is 1.67 bits per heavy atom. The largest absolute Gasteiger partial charge is 0.497 e. The fourth-order valence-electron chi connectivity index (χ4n) is 5.34. The predicted octanol–water partition coefficient (Wildman–Crippen LogP) is 5.28. The van der Waals surface area contributed by atoms with Gasteiger partial charge >= 0.3 is 0 Å². The van der Waals surface area contributed by atoms with Gasteiger partial charge in [-0.3, -0.25) is 0 Å². The molecular formula is C28H32ClN3O. The van der Waals surface area contributed by atoms with Gasteiger partial charge in [-0.25, -0.2) is 0 Å². The van der Waals surface area contributed by atoms with E-state index in [1.165, 1.54) is 28.1 Å². The van der Waals surface area contributed by atoms with Crippen LogP contribution in [0.1, 0.15) is 23.6 Å². The van der Waals surface area contributed by atoms with E-state index >= 15 is 0 Å². The van der Waals surface area contributed by atoms with Gasteiger partial charge in [0.2, 0.25) is 0 Å². The van der Waals surface area contributed by atoms with E-state index in [0.29, 0.717) is 0 Å². The zero-order valence-corrected chi connectivity index (χ0v) is 20.2. The highest BCUT2D eigenvalue weighted by Gasteiger charge is 2.38. The van der Waals surface area contributed by atoms with Crippen molar-refractivity contribution in [3.63, 3.8) is 0 Å². The van der Waals surface area contributed by atoms with Crippen LogP contribution in [0.4, 0.5) is 11.4 Å². The molecule has 1 fully saturated rings. The number of rotatable bonds is 5. The average molecular weight is 462 g/mol. The lowest BCUT2D eigenvalue weighted by atomic mass is 9.73. The number of piperazine rings is 1. The first-order chi connectivity index (χ1) is 16.1. The van der Waals surface area contributed by atoms with Crippen molar-refractivity contribution in [2.75, 3.05) is 49.6 Å². The van der Waals surface area contributed by atoms with E-state index in [2.05, 4.69) is 88.8 Å². The standard InChI is InChI=1S/C28H32ClN3O/c1-28(22-8-10-24(33-2)11-9-22)18-25-26(31-14-12-30-13-15-31)16-23(29)17-27(25)32(20-28)19-21-6-4-3-5-7-21/h3-11,16-17,30H,12-15,18-20H2,1-2H3/t28-/m1/s1. The number of anilines is 2. The third-order valence-electron chi connectivity index (χ3n) is 7.08. The van der Waals surface area contributed by atoms with Gasteiger partial charge in [-0.1, -0.05) is 61.0 Å². The second kappa shape index (κ2) is 9.28. The minimum atomic E-state index is -0.0231. The number of fused-ring (bicyclic) bond motifs is 1. The fraction of sp³-hybridized carbons (Fsp3) is 0.357. The first kappa shape index (κ1) is 22.1. The van der Waals surface area contributed by atoms with Crippen LogP contribution < -0.4 is 19.9 Å². The van der Waals surface area contributed by atoms with Gasteiger partial charge in [0.05, 0.1) is 7.11 Å². The monoisotopic (exact) mass is 461 g/mol. The average Bonchev–Trinajstić information content (AvgIpc) is 2.85. The highest BCUT2D eigenvalue weighted by molar-refractivity contribution is 6.31. The van der Waals surface area contributed by atoms with E-state index in [-0.39, 0.29) is 5.41 Å². The first-order valence-corrected chi connectivity index (χ1v) is 12.1. The Bertz CT molecular complexity index is 1100. The van der Waals surface area contributed by atoms with Crippen LogP contribution in [0.2, 0.25) is 5.02 Å². The second-order valence-electron chi connectivity index (χ2n) is 9.47. The Labute approximate surface area is 202 Å². The number of nitrogens with one attached hydrogen (secondary N) is 1. The van der Waals surface area contributed by atoms with Gasteiger partial charge in [-0.05, 0) is 47.4 Å². The van der Waals surface area contributed by atoms with Crippen molar-refractivity contribution in [3.8, 4) is 5.75 Å². The molecule has 0 saturated carbocycles. The molecule has 1 atom stereocenters. The molecule has 5 rings (SSSR count). The number of hydrogen-bond acceptors (Lipinski definition) is 4. The summed E-state index contributed by atoms with van der Waals surface area (Å²) in [7, 11) is 1.72. The van der Waals surface area contributed by atoms with Gasteiger partial charge in [-0.2, -0.15) is 0 Å². The predicted molar refractivity (Wildman–Crippen MR) is 138 cm³/mol. The van der Waals surface area contributed by atoms with Crippen LogP contribution in [0.15, 0.2) is 66.7 Å². The Kier molecular flexibility index (Phi) is 6.22. The van der Waals surface area contributed by atoms with Gasteiger partial charge in [0.15, 0.2) is 0 Å². The Morgan fingerprint density at radius 1 is 0.970 bits per heavy atom. The lowest BCUT2D eigenvalue weighted by Gasteiger charge is -2.45. The topological polar surface area (TPSA) is 27.7 Å². The molecule has 1 N–H and O–H groups in total. The smallest absolute Gasteiger partial charge is 0.118 e. The zero-order valence-electron chi connectivity index (χ0n) is 19.5. The lowest BCUT2D eigenvalue weighted by molar-refractivity contribution is 0.411. The minimum Gasteiger partial charge on any atom is -0.497 e. The van der Waals surface area contributed by atoms with Gasteiger partial charge in [0.25, 0.3) is 0 Å². The van der Waals surface area contributed by atoms with Crippen molar-refractivity contribution >= 4 is 23.0 Å². The third-order valence-corrected chi connectivity index (χ3v) is 7.29. The van der Waals surface area contributed by atoms with E-state index in [0.717, 1.165) is 56.5 Å². The number of nitrogens with zero attached hydrogens (tertiary/aromatic N) is 2. The summed E-state index contributed by atoms with van der Waals surface area (Å²) in [6.07, 6.45) is 0.983. The highest BCUT2D eigenvalue weighted by Crippen LogP contribution is 2.45. The SMILES string of the molecule is COc1ccc([C@]2(C)Cc3c(N4CCNCC4)cc(Cl)cc3N(Cc3ccccc3)C2)cc1. The molecule has 0 aliphatic carbocycles. The molecule has 2 aliphatic heterocycles. The molecule has 1 saturated heterocycles. The summed E-state index contributed by atoms with van der Waals surface area (Å²) >= 11 is 6.71. The molecule has 3 aromatic rings. The number of hydrogen-bond donors (Lipinski definition) is 1. The molecule has 3 aromatic carbocycles. The Hall–Kier alpha value is -2.69. The summed E-state index contributed by atoms with van der Waals surface area (Å²) < 4.78 is 5.42. The van der Waals surface area contributed by atoms with E-state index < -0.39 is 0 Å². The fourth-order valence-corrected chi connectivity index (χ4v) is 5.55. The molecule has 172 valence electrons. The number of methoxy groups -OCH3 is 1. The van der Waals surface area contributed by atoms with Crippen LogP contribution in [0.5, 0.6) is 5.75 Å². The number of ether oxygens (including phenoxy) is 1. The summed E-state index contributed by atoms with van der Waals surface area (Å²) in [5.74, 6) is 0.896. The molecule has 2 aliphatic rings. The normalized spacial score (nSPS) is 20.5. The van der Waals surface area contributed by atoms with Crippen LogP contribution >= 0.6 is 11.6 Å². The van der Waals surface area contributed by atoms with Crippen molar-refractivity contribution in [1.29, 1.82) is 0 Å². The molecular weight excluding hydrogens is 430 g/mol. The molecule has 33 heavy (non-hydrogen) atoms. The zero-order chi connectivity index (χ0) is 22.8. The van der Waals surface area contributed by atoms with Gasteiger partial charge in [-0.15, -0.1) is 0 Å². The van der Waals surface area contributed by atoms with Crippen LogP contribution in [0, 0.1) is 0 Å². The molecule has 5 heteroatoms. The van der Waals surface area contributed by atoms with Gasteiger partial charge in [0, 0.05) is 61.1 Å². The number of halogens is 1. The van der Waals surface area contributed by atoms with Crippen LogP contribution in [0.3, 0.4) is 0 Å². The summed E-state index contributed by atoms with van der Waals surface area (Å²) in [5.41, 5.74) is 6.59. The minimum absolute atomic E-state index is 0.0231. The molecule has 4 nitrogen and oxygen atoms in total. The summed E-state index contributed by atoms with van der Waals surface area (Å²) in [6, 6.07) is 23.7. The van der Waals surface area contributed by atoms with E-state index in [1.54, 1.807) is 7.11 Å². The quantitative estimate of drug-likeness (QED) is 0.559. The molecule has 2 heterocycles. The summed E-state index contributed by atoms with van der Waals surface area (Å²) in [6.45, 7) is 8.21. The van der Waals surface area contributed by atoms with Crippen molar-refractivity contribution in [3.05, 3.63) is 88.4 Å². The number of benzene rings is 3. The lowest BCUT2D eigenvalue weighted by Crippen LogP contribution is -2.47. The van der Waals surface area contributed by atoms with E-state index in [1.807, 2.05) is 0 Å². The van der Waals surface area contributed by atoms with Gasteiger partial charge < -0.3 is 19.9 Å². The van der Waals surface area contributed by atoms with Gasteiger partial charge in [0.1, 0.15) is 5.75 Å². The van der Waals surface area contributed by atoms with Crippen molar-refractivity contribution in [2.45, 2.75) is 25.3 Å². The van der Waals surface area contributed by atoms with Crippen molar-refractivity contribution in [2.24, 2.45) is 0 Å². The molecule has 0 spiro atoms. The molecule has 0 radical (unpaired) electrons. The summed E-state index contributed by atoms with van der Waals surface area (Å²) in [4.78, 5) is 5.03. The van der Waals surface area contributed by atoms with Crippen molar-refractivity contribution in [1.82, 2.24) is 5.32 Å². The maximum Gasteiger partial charge on any atom is 0.118 e. The van der Waals surface area contributed by atoms with Crippen molar-refractivity contribution < 1.29 is 4.74 Å². The highest BCUT2D eigenvalue weighted by atomic mass is 35.5. The maximum atomic E-state index is 6.71. The van der Waals surface area contributed by atoms with E-state index in [4.69, 9.17) is 16.3 Å². The second-order valence-corrected chi connectivity index (χ2v) is 9.90. The summed E-state index contributed by atoms with van der Waals surface area (Å²) in [5, 5.41) is 4.29. The maximum absolute atomic E-state index is 6.71. The molecule has 0 unspecified atom stereocenters. The Balaban J connectivity index is 1.60. The Morgan fingerprint density at radius 3 is 2.36 bits per heavy atom. The molecule has 0 bridgehead atoms. The molecule has 0 aromatic heterocycles. The first-order valence-electron chi connectivity index (χ1n) is 11.8. The third kappa shape index (κ3) is 4.55. The molecule has 0 amide bonds. The van der Waals surface area contributed by atoms with Crippen LogP contribution in [-0.2, 0) is 18.4 Å². The van der Waals surface area contributed by atoms with Crippen LogP contribution in [-0.4, -0.2) is 39.8 Å². The van der Waals surface area contributed by atoms with E-state index in [9.17, 15) is 0 Å². The van der Waals surface area contributed by atoms with Crippen LogP contribution in [0.25, 0.3) is 0 Å².